The van der Waals surface area contributed by atoms with Gasteiger partial charge in [0.05, 0.1) is 13.2 Å². The monoisotopic (exact) mass is 214 g/mol. The number of rotatable bonds is 1. The van der Waals surface area contributed by atoms with E-state index in [1.54, 1.807) is 0 Å². The van der Waals surface area contributed by atoms with Crippen LogP contribution < -0.4 is 0 Å². The van der Waals surface area contributed by atoms with E-state index in [-0.39, 0.29) is 6.29 Å². The lowest BCUT2D eigenvalue weighted by Crippen LogP contribution is -2.17. The predicted octanol–water partition coefficient (Wildman–Crippen LogP) is 3.23. The van der Waals surface area contributed by atoms with Crippen molar-refractivity contribution in [3.63, 3.8) is 0 Å². The van der Waals surface area contributed by atoms with E-state index in [9.17, 15) is 0 Å². The Labute approximate surface area is 95.1 Å². The van der Waals surface area contributed by atoms with Crippen molar-refractivity contribution >= 4 is 0 Å². The molecule has 0 aromatic carbocycles. The molecule has 0 aromatic rings. The van der Waals surface area contributed by atoms with Gasteiger partial charge in [-0.05, 0) is 17.5 Å². The van der Waals surface area contributed by atoms with Crippen LogP contribution in [0.3, 0.4) is 0 Å². The Bertz CT molecular complexity index is 416. The van der Waals surface area contributed by atoms with Gasteiger partial charge < -0.3 is 9.47 Å². The fraction of sp³-hybridized carbons (Fsp3) is 0.286. The van der Waals surface area contributed by atoms with E-state index in [0.717, 1.165) is 25.2 Å². The lowest BCUT2D eigenvalue weighted by atomic mass is 10.2. The van der Waals surface area contributed by atoms with Crippen molar-refractivity contribution < 1.29 is 9.47 Å². The van der Waals surface area contributed by atoms with Gasteiger partial charge in [-0.1, -0.05) is 42.5 Å². The Kier molecular flexibility index (Phi) is 2.60. The highest BCUT2D eigenvalue weighted by Gasteiger charge is 2.16. The maximum absolute atomic E-state index is 5.59. The molecule has 0 spiro atoms. The van der Waals surface area contributed by atoms with E-state index in [1.807, 2.05) is 0 Å². The minimum atomic E-state index is -0.190. The highest BCUT2D eigenvalue weighted by molar-refractivity contribution is 5.65. The van der Waals surface area contributed by atoms with Crippen LogP contribution in [-0.4, -0.2) is 13.2 Å². The molecule has 0 amide bonds. The van der Waals surface area contributed by atoms with Crippen LogP contribution in [0.4, 0.5) is 0 Å². The van der Waals surface area contributed by atoms with Crippen LogP contribution in [0.2, 0.25) is 0 Å². The number of hydrogen-bond acceptors (Lipinski definition) is 2. The molecule has 0 atom stereocenters. The summed E-state index contributed by atoms with van der Waals surface area (Å²) in [4.78, 5) is 0. The average molecular weight is 214 g/mol. The minimum Gasteiger partial charge on any atom is -0.348 e. The lowest BCUT2D eigenvalue weighted by Gasteiger charge is -2.22. The molecule has 16 heavy (non-hydrogen) atoms. The van der Waals surface area contributed by atoms with Gasteiger partial charge in [-0.25, -0.2) is 0 Å². The molecule has 0 radical (unpaired) electrons. The van der Waals surface area contributed by atoms with Crippen LogP contribution in [0.5, 0.6) is 0 Å². The summed E-state index contributed by atoms with van der Waals surface area (Å²) >= 11 is 0. The fourth-order valence-electron chi connectivity index (χ4n) is 2.02. The maximum Gasteiger partial charge on any atom is 0.183 e. The molecule has 1 fully saturated rings. The van der Waals surface area contributed by atoms with Crippen molar-refractivity contribution in [3.05, 3.63) is 48.0 Å². The SMILES string of the molecule is c1cc2ccc(C3OCCCO3)ccc-2c1. The summed E-state index contributed by atoms with van der Waals surface area (Å²) in [7, 11) is 0. The largest absolute Gasteiger partial charge is 0.348 e. The summed E-state index contributed by atoms with van der Waals surface area (Å²) in [6.07, 6.45) is 0.799. The molecule has 2 heteroatoms. The van der Waals surface area contributed by atoms with Crippen molar-refractivity contribution in [2.24, 2.45) is 0 Å². The van der Waals surface area contributed by atoms with Crippen LogP contribution in [0.1, 0.15) is 18.3 Å². The average Bonchev–Trinajstić information content (AvgIpc) is 2.70. The van der Waals surface area contributed by atoms with E-state index in [0.29, 0.717) is 0 Å². The van der Waals surface area contributed by atoms with Gasteiger partial charge in [0.15, 0.2) is 6.29 Å². The van der Waals surface area contributed by atoms with Crippen molar-refractivity contribution in [2.45, 2.75) is 12.7 Å². The second-order valence-electron chi connectivity index (χ2n) is 4.03. The summed E-state index contributed by atoms with van der Waals surface area (Å²) in [6.45, 7) is 1.57. The zero-order valence-electron chi connectivity index (χ0n) is 9.06. The molecule has 82 valence electrons. The Balaban J connectivity index is 1.94. The van der Waals surface area contributed by atoms with Crippen molar-refractivity contribution in [3.8, 4) is 11.1 Å². The molecule has 2 nitrogen and oxygen atoms in total. The van der Waals surface area contributed by atoms with Crippen LogP contribution in [0.15, 0.2) is 42.5 Å². The van der Waals surface area contributed by atoms with Gasteiger partial charge in [-0.2, -0.15) is 0 Å². The molecule has 1 heterocycles. The molecule has 0 N–H and O–H groups in total. The van der Waals surface area contributed by atoms with Gasteiger partial charge in [-0.15, -0.1) is 0 Å². The molecule has 0 saturated carbocycles. The number of hydrogen-bond donors (Lipinski definition) is 0. The summed E-state index contributed by atoms with van der Waals surface area (Å²) in [5.41, 5.74) is 3.60. The van der Waals surface area contributed by atoms with Crippen molar-refractivity contribution in [2.75, 3.05) is 13.2 Å². The van der Waals surface area contributed by atoms with E-state index in [4.69, 9.17) is 9.47 Å². The Hall–Kier alpha value is -1.38. The summed E-state index contributed by atoms with van der Waals surface area (Å²) in [5.74, 6) is 0. The topological polar surface area (TPSA) is 18.5 Å². The zero-order valence-corrected chi connectivity index (χ0v) is 9.06. The predicted molar refractivity (Wildman–Crippen MR) is 62.3 cm³/mol. The quantitative estimate of drug-likeness (QED) is 0.725. The van der Waals surface area contributed by atoms with Gasteiger partial charge in [0.2, 0.25) is 0 Å². The molecular formula is C14H14O2. The summed E-state index contributed by atoms with van der Waals surface area (Å²) in [6, 6.07) is 14.7. The van der Waals surface area contributed by atoms with E-state index < -0.39 is 0 Å². The second-order valence-corrected chi connectivity index (χ2v) is 4.03. The third-order valence-electron chi connectivity index (χ3n) is 2.89. The molecule has 0 aromatic heterocycles. The standard InChI is InChI=1S/C14H14O2/c1-3-11-5-7-13(8-6-12(11)4-1)14-15-9-2-10-16-14/h1,3-8,14H,2,9-10H2. The van der Waals surface area contributed by atoms with Crippen LogP contribution in [0.25, 0.3) is 11.1 Å². The minimum absolute atomic E-state index is 0.190. The summed E-state index contributed by atoms with van der Waals surface area (Å²) in [5, 5.41) is 0. The second kappa shape index (κ2) is 4.24. The molecule has 1 saturated heterocycles. The molecule has 0 unspecified atom stereocenters. The lowest BCUT2D eigenvalue weighted by molar-refractivity contribution is -0.182. The normalized spacial score (nSPS) is 17.8. The first kappa shape index (κ1) is 9.82. The van der Waals surface area contributed by atoms with Gasteiger partial charge in [-0.3, -0.25) is 0 Å². The Morgan fingerprint density at radius 3 is 2.06 bits per heavy atom. The number of fused-ring (bicyclic) bond motifs is 1. The maximum atomic E-state index is 5.59. The molecule has 3 aliphatic rings. The molecule has 1 aliphatic heterocycles. The Morgan fingerprint density at radius 1 is 0.812 bits per heavy atom. The molecule has 2 aliphatic carbocycles. The third-order valence-corrected chi connectivity index (χ3v) is 2.89. The first-order valence-electron chi connectivity index (χ1n) is 5.65. The first-order chi connectivity index (χ1) is 7.93. The third kappa shape index (κ3) is 1.82. The number of ether oxygens (including phenoxy) is 2. The van der Waals surface area contributed by atoms with Gasteiger partial charge in [0.25, 0.3) is 0 Å². The Morgan fingerprint density at radius 2 is 1.44 bits per heavy atom. The fourth-order valence-corrected chi connectivity index (χ4v) is 2.02. The van der Waals surface area contributed by atoms with Gasteiger partial charge in [0, 0.05) is 5.56 Å². The highest BCUT2D eigenvalue weighted by atomic mass is 16.7. The van der Waals surface area contributed by atoms with Crippen LogP contribution >= 0.6 is 0 Å². The van der Waals surface area contributed by atoms with E-state index in [1.165, 1.54) is 11.1 Å². The van der Waals surface area contributed by atoms with Gasteiger partial charge in [0.1, 0.15) is 0 Å². The highest BCUT2D eigenvalue weighted by Crippen LogP contribution is 2.26. The van der Waals surface area contributed by atoms with Crippen LogP contribution in [-0.2, 0) is 9.47 Å². The first-order valence-corrected chi connectivity index (χ1v) is 5.65. The van der Waals surface area contributed by atoms with Crippen molar-refractivity contribution in [1.82, 2.24) is 0 Å². The van der Waals surface area contributed by atoms with Crippen molar-refractivity contribution in [1.29, 1.82) is 0 Å². The smallest absolute Gasteiger partial charge is 0.183 e. The molecule has 3 rings (SSSR count). The van der Waals surface area contributed by atoms with E-state index in [2.05, 4.69) is 42.5 Å². The van der Waals surface area contributed by atoms with Crippen LogP contribution in [0, 0.1) is 0 Å². The molecular weight excluding hydrogens is 200 g/mol. The molecule has 0 bridgehead atoms. The summed E-state index contributed by atoms with van der Waals surface area (Å²) < 4.78 is 11.2. The van der Waals surface area contributed by atoms with E-state index >= 15 is 0 Å². The van der Waals surface area contributed by atoms with Gasteiger partial charge >= 0.3 is 0 Å². The zero-order chi connectivity index (χ0) is 10.8.